The summed E-state index contributed by atoms with van der Waals surface area (Å²) >= 11 is 0. The fraction of sp³-hybridized carbons (Fsp3) is 0.444. The third kappa shape index (κ3) is 1.88. The van der Waals surface area contributed by atoms with Gasteiger partial charge in [-0.1, -0.05) is 42.5 Å². The molecule has 4 rings (SSSR count). The quantitative estimate of drug-likeness (QED) is 0.798. The van der Waals surface area contributed by atoms with Crippen molar-refractivity contribution in [3.8, 4) is 0 Å². The highest BCUT2D eigenvalue weighted by atomic mass is 35.5. The van der Waals surface area contributed by atoms with Crippen LogP contribution in [0.15, 0.2) is 42.5 Å². The fourth-order valence-corrected chi connectivity index (χ4v) is 4.26. The van der Waals surface area contributed by atoms with Gasteiger partial charge in [-0.15, -0.1) is 12.4 Å². The molecule has 2 aliphatic carbocycles. The van der Waals surface area contributed by atoms with Crippen molar-refractivity contribution in [2.45, 2.75) is 30.7 Å². The van der Waals surface area contributed by atoms with Gasteiger partial charge in [0.1, 0.15) is 0 Å². The van der Waals surface area contributed by atoms with Crippen molar-refractivity contribution in [3.63, 3.8) is 0 Å². The molecule has 0 amide bonds. The average molecular weight is 288 g/mol. The molecule has 3 atom stereocenters. The monoisotopic (exact) mass is 287 g/mol. The Morgan fingerprint density at radius 1 is 1.00 bits per heavy atom. The maximum atomic E-state index is 2.42. The van der Waals surface area contributed by atoms with Gasteiger partial charge in [-0.05, 0) is 55.6 Å². The minimum atomic E-state index is 0. The van der Waals surface area contributed by atoms with Gasteiger partial charge in [-0.25, -0.2) is 0 Å². The molecular formula is C18H22ClN. The molecule has 2 aromatic carbocycles. The van der Waals surface area contributed by atoms with Crippen molar-refractivity contribution >= 4 is 23.2 Å². The molecule has 106 valence electrons. The Morgan fingerprint density at radius 3 is 2.50 bits per heavy atom. The van der Waals surface area contributed by atoms with E-state index in [9.17, 15) is 0 Å². The summed E-state index contributed by atoms with van der Waals surface area (Å²) in [5.41, 5.74) is 2.11. The normalized spacial score (nSPS) is 31.1. The topological polar surface area (TPSA) is 3.24 Å². The lowest BCUT2D eigenvalue weighted by molar-refractivity contribution is 0.276. The van der Waals surface area contributed by atoms with Crippen LogP contribution < -0.4 is 0 Å². The lowest BCUT2D eigenvalue weighted by Gasteiger charge is -2.23. The molecule has 20 heavy (non-hydrogen) atoms. The van der Waals surface area contributed by atoms with Crippen LogP contribution in [0.1, 0.15) is 24.8 Å². The zero-order valence-corrected chi connectivity index (χ0v) is 13.0. The molecular weight excluding hydrogens is 266 g/mol. The number of nitrogens with zero attached hydrogens (tertiary/aromatic N) is 1. The van der Waals surface area contributed by atoms with Crippen molar-refractivity contribution in [2.24, 2.45) is 5.92 Å². The fourth-order valence-electron chi connectivity index (χ4n) is 4.26. The van der Waals surface area contributed by atoms with Crippen LogP contribution >= 0.6 is 12.4 Å². The number of rotatable bonds is 2. The first kappa shape index (κ1) is 13.9. The molecule has 0 heterocycles. The van der Waals surface area contributed by atoms with E-state index in [1.165, 1.54) is 30.0 Å². The first-order valence-corrected chi connectivity index (χ1v) is 7.35. The van der Waals surface area contributed by atoms with E-state index in [-0.39, 0.29) is 12.4 Å². The van der Waals surface area contributed by atoms with E-state index in [4.69, 9.17) is 0 Å². The number of fused-ring (bicyclic) bond motifs is 2. The molecule has 0 aliphatic heterocycles. The number of halogens is 1. The van der Waals surface area contributed by atoms with Crippen molar-refractivity contribution in [1.29, 1.82) is 0 Å². The Kier molecular flexibility index (Phi) is 3.30. The van der Waals surface area contributed by atoms with Crippen molar-refractivity contribution in [3.05, 3.63) is 48.0 Å². The first-order valence-electron chi connectivity index (χ1n) is 7.35. The van der Waals surface area contributed by atoms with Crippen LogP contribution in [0.4, 0.5) is 0 Å². The van der Waals surface area contributed by atoms with Crippen LogP contribution in [0.3, 0.4) is 0 Å². The molecule has 0 saturated heterocycles. The van der Waals surface area contributed by atoms with Crippen molar-refractivity contribution in [1.82, 2.24) is 4.90 Å². The van der Waals surface area contributed by atoms with Crippen LogP contribution in [0.2, 0.25) is 0 Å². The van der Waals surface area contributed by atoms with E-state index in [0.717, 1.165) is 12.0 Å². The second kappa shape index (κ2) is 4.75. The van der Waals surface area contributed by atoms with Gasteiger partial charge in [0.15, 0.2) is 0 Å². The minimum absolute atomic E-state index is 0. The molecule has 2 saturated carbocycles. The molecule has 0 spiro atoms. The van der Waals surface area contributed by atoms with Gasteiger partial charge in [-0.2, -0.15) is 0 Å². The second-order valence-electron chi connectivity index (χ2n) is 6.64. The SMILES string of the molecule is CN(C)C1CC2CC2(c2cccc3ccccc23)C1.Cl. The van der Waals surface area contributed by atoms with E-state index in [0.29, 0.717) is 5.41 Å². The predicted molar refractivity (Wildman–Crippen MR) is 87.7 cm³/mol. The Hall–Kier alpha value is -1.05. The van der Waals surface area contributed by atoms with E-state index < -0.39 is 0 Å². The second-order valence-corrected chi connectivity index (χ2v) is 6.64. The minimum Gasteiger partial charge on any atom is -0.306 e. The largest absolute Gasteiger partial charge is 0.306 e. The molecule has 0 aromatic heterocycles. The molecule has 1 nitrogen and oxygen atoms in total. The zero-order chi connectivity index (χ0) is 13.0. The smallest absolute Gasteiger partial charge is 0.0101 e. The van der Waals surface area contributed by atoms with E-state index in [1.54, 1.807) is 5.56 Å². The summed E-state index contributed by atoms with van der Waals surface area (Å²) in [7, 11) is 4.46. The molecule has 0 radical (unpaired) electrons. The molecule has 2 aliphatic rings. The molecule has 3 unspecified atom stereocenters. The van der Waals surface area contributed by atoms with E-state index in [2.05, 4.69) is 61.5 Å². The van der Waals surface area contributed by atoms with Crippen LogP contribution in [-0.4, -0.2) is 25.0 Å². The third-order valence-electron chi connectivity index (χ3n) is 5.44. The Morgan fingerprint density at radius 2 is 1.75 bits per heavy atom. The summed E-state index contributed by atoms with van der Waals surface area (Å²) in [5, 5.41) is 2.88. The third-order valence-corrected chi connectivity index (χ3v) is 5.44. The average Bonchev–Trinajstić information content (AvgIpc) is 3.00. The molecule has 2 heteroatoms. The highest BCUT2D eigenvalue weighted by molar-refractivity contribution is 5.87. The van der Waals surface area contributed by atoms with Gasteiger partial charge in [0, 0.05) is 11.5 Å². The molecule has 2 aromatic rings. The van der Waals surface area contributed by atoms with E-state index in [1.807, 2.05) is 0 Å². The maximum Gasteiger partial charge on any atom is 0.0101 e. The first-order chi connectivity index (χ1) is 9.21. The summed E-state index contributed by atoms with van der Waals surface area (Å²) in [6.45, 7) is 0. The van der Waals surface area contributed by atoms with Gasteiger partial charge >= 0.3 is 0 Å². The van der Waals surface area contributed by atoms with Gasteiger partial charge in [0.2, 0.25) is 0 Å². The van der Waals surface area contributed by atoms with E-state index >= 15 is 0 Å². The Balaban J connectivity index is 0.00000121. The summed E-state index contributed by atoms with van der Waals surface area (Å²) in [4.78, 5) is 2.42. The van der Waals surface area contributed by atoms with Crippen molar-refractivity contribution < 1.29 is 0 Å². The Labute approximate surface area is 127 Å². The van der Waals surface area contributed by atoms with Gasteiger partial charge in [0.05, 0.1) is 0 Å². The van der Waals surface area contributed by atoms with Crippen LogP contribution in [0, 0.1) is 5.92 Å². The van der Waals surface area contributed by atoms with Crippen molar-refractivity contribution in [2.75, 3.05) is 14.1 Å². The summed E-state index contributed by atoms with van der Waals surface area (Å²) in [6.07, 6.45) is 4.14. The molecule has 0 bridgehead atoms. The van der Waals surface area contributed by atoms with Crippen LogP contribution in [0.5, 0.6) is 0 Å². The molecule has 2 fully saturated rings. The predicted octanol–water partition coefficient (Wildman–Crippen LogP) is 4.24. The van der Waals surface area contributed by atoms with Crippen LogP contribution in [-0.2, 0) is 5.41 Å². The Bertz CT molecular complexity index is 631. The van der Waals surface area contributed by atoms with Gasteiger partial charge in [0.25, 0.3) is 0 Å². The number of hydrogen-bond acceptors (Lipinski definition) is 1. The summed E-state index contributed by atoms with van der Waals surface area (Å²) in [6, 6.07) is 16.5. The number of benzene rings is 2. The van der Waals surface area contributed by atoms with Gasteiger partial charge < -0.3 is 4.90 Å². The highest BCUT2D eigenvalue weighted by Crippen LogP contribution is 2.65. The molecule has 0 N–H and O–H groups in total. The van der Waals surface area contributed by atoms with Crippen LogP contribution in [0.25, 0.3) is 10.8 Å². The maximum absolute atomic E-state index is 2.42. The lowest BCUT2D eigenvalue weighted by Crippen LogP contribution is -2.27. The summed E-state index contributed by atoms with van der Waals surface area (Å²) in [5.74, 6) is 0.922. The van der Waals surface area contributed by atoms with Gasteiger partial charge in [-0.3, -0.25) is 0 Å². The highest BCUT2D eigenvalue weighted by Gasteiger charge is 2.61. The summed E-state index contributed by atoms with van der Waals surface area (Å²) < 4.78 is 0. The number of hydrogen-bond donors (Lipinski definition) is 0. The lowest BCUT2D eigenvalue weighted by atomic mass is 9.88. The standard InChI is InChI=1S/C18H21N.ClH/c1-19(2)15-10-14-11-18(14,12-15)17-9-5-7-13-6-3-4-8-16(13)17;/h3-9,14-15H,10-12H2,1-2H3;1H. The zero-order valence-electron chi connectivity index (χ0n) is 12.2.